The van der Waals surface area contributed by atoms with E-state index in [1.807, 2.05) is 11.0 Å². The van der Waals surface area contributed by atoms with Crippen LogP contribution in [0.15, 0.2) is 30.6 Å². The van der Waals surface area contributed by atoms with Gasteiger partial charge >= 0.3 is 0 Å². The number of likely N-dealkylation sites (tertiary alicyclic amines) is 1. The Balaban J connectivity index is 1.54. The Morgan fingerprint density at radius 1 is 1.05 bits per heavy atom. The minimum absolute atomic E-state index is 0.0199. The smallest absolute Gasteiger partial charge is 0.247 e. The van der Waals surface area contributed by atoms with E-state index in [9.17, 15) is 9.59 Å². The Bertz CT molecular complexity index is 1180. The predicted molar refractivity (Wildman–Crippen MR) is 168 cm³/mol. The van der Waals surface area contributed by atoms with Crippen molar-refractivity contribution < 1.29 is 9.59 Å². The summed E-state index contributed by atoms with van der Waals surface area (Å²) in [5.74, 6) is 0.558. The Morgan fingerprint density at radius 2 is 1.83 bits per heavy atom. The Labute approximate surface area is 256 Å². The molecule has 2 aliphatic rings. The fourth-order valence-corrected chi connectivity index (χ4v) is 7.32. The van der Waals surface area contributed by atoms with Crippen LogP contribution in [0, 0.1) is 11.8 Å². The molecule has 1 aliphatic carbocycles. The number of amides is 2. The van der Waals surface area contributed by atoms with Crippen molar-refractivity contribution in [1.82, 2.24) is 30.4 Å². The van der Waals surface area contributed by atoms with Gasteiger partial charge in [0.1, 0.15) is 12.4 Å². The number of halogens is 1. The molecule has 4 rings (SSSR count). The molecule has 1 saturated heterocycles. The van der Waals surface area contributed by atoms with Crippen molar-refractivity contribution in [3.63, 3.8) is 0 Å². The zero-order valence-corrected chi connectivity index (χ0v) is 26.5. The molecule has 2 amide bonds. The largest absolute Gasteiger partial charge is 0.349 e. The zero-order chi connectivity index (χ0) is 30.0. The molecule has 0 spiro atoms. The van der Waals surface area contributed by atoms with Crippen molar-refractivity contribution >= 4 is 29.5 Å². The average molecular weight is 597 g/mol. The van der Waals surface area contributed by atoms with E-state index in [1.165, 1.54) is 51.3 Å². The van der Waals surface area contributed by atoms with E-state index in [-0.39, 0.29) is 23.3 Å². The van der Waals surface area contributed by atoms with Gasteiger partial charge in [-0.15, -0.1) is 5.10 Å². The highest BCUT2D eigenvalue weighted by molar-refractivity contribution is 6.30. The molecule has 3 atom stereocenters. The molecule has 1 saturated carbocycles. The molecular formula is C33H49ClN6O2. The maximum Gasteiger partial charge on any atom is 0.247 e. The second-order valence-corrected chi connectivity index (χ2v) is 13.0. The molecular weight excluding hydrogens is 548 g/mol. The van der Waals surface area contributed by atoms with Gasteiger partial charge in [-0.2, -0.15) is 4.68 Å². The topological polar surface area (TPSA) is 93.0 Å². The number of benzene rings is 1. The van der Waals surface area contributed by atoms with E-state index in [1.54, 1.807) is 29.0 Å². The summed E-state index contributed by atoms with van der Waals surface area (Å²) in [6, 6.07) is 4.94. The quantitative estimate of drug-likeness (QED) is 0.184. The predicted octanol–water partition coefficient (Wildman–Crippen LogP) is 7.16. The van der Waals surface area contributed by atoms with Gasteiger partial charge in [-0.3, -0.25) is 9.59 Å². The summed E-state index contributed by atoms with van der Waals surface area (Å²) in [7, 11) is 0. The lowest BCUT2D eigenvalue weighted by Gasteiger charge is -2.37. The molecule has 0 bridgehead atoms. The normalized spacial score (nSPS) is 21.1. The molecule has 0 radical (unpaired) electrons. The summed E-state index contributed by atoms with van der Waals surface area (Å²) in [5, 5.41) is 15.5. The van der Waals surface area contributed by atoms with Crippen LogP contribution in [0.3, 0.4) is 0 Å². The van der Waals surface area contributed by atoms with Gasteiger partial charge in [0, 0.05) is 28.7 Å². The molecule has 1 aliphatic heterocycles. The number of nitrogens with one attached hydrogen (secondary N) is 1. The van der Waals surface area contributed by atoms with Gasteiger partial charge in [0.25, 0.3) is 0 Å². The fraction of sp³-hybridized carbons (Fsp3) is 0.667. The summed E-state index contributed by atoms with van der Waals surface area (Å²) in [6.45, 7) is 7.21. The lowest BCUT2D eigenvalue weighted by Crippen LogP contribution is -2.56. The van der Waals surface area contributed by atoms with Crippen molar-refractivity contribution in [2.24, 2.45) is 11.8 Å². The van der Waals surface area contributed by atoms with Crippen LogP contribution in [-0.2, 0) is 9.59 Å². The highest BCUT2D eigenvalue weighted by Gasteiger charge is 2.46. The number of carbonyl (C=O) groups excluding carboxylic acids is 2. The first-order valence-corrected chi connectivity index (χ1v) is 16.6. The third-order valence-corrected chi connectivity index (χ3v) is 9.54. The zero-order valence-electron chi connectivity index (χ0n) is 25.7. The second kappa shape index (κ2) is 15.6. The number of unbranched alkanes of at least 4 members (excludes halogenated alkanes) is 4. The van der Waals surface area contributed by atoms with Crippen LogP contribution < -0.4 is 5.32 Å². The van der Waals surface area contributed by atoms with E-state index >= 15 is 0 Å². The summed E-state index contributed by atoms with van der Waals surface area (Å²) >= 11 is 6.30. The first kappa shape index (κ1) is 32.2. The molecule has 2 aromatic rings. The Morgan fingerprint density at radius 3 is 2.55 bits per heavy atom. The standard InChI is InChI=1S/C33H49ClN6O2/c1-4-6-7-8-12-21-33(3,20-5-2)36-32(42)31-28(25-13-10-9-11-14-25)19-22-39(31)30(41)18-15-26-23-27(34)16-17-29(26)40-24-35-37-38-40/h15-18,23-25,28,31H,4-14,19-22H2,1-3H3,(H,36,42)/b18-15+/t28-,31-,33?/m0/s1. The monoisotopic (exact) mass is 596 g/mol. The molecule has 42 heavy (non-hydrogen) atoms. The van der Waals surface area contributed by atoms with Gasteiger partial charge in [0.15, 0.2) is 0 Å². The van der Waals surface area contributed by atoms with E-state index in [0.29, 0.717) is 17.5 Å². The molecule has 1 aromatic heterocycles. The van der Waals surface area contributed by atoms with Crippen molar-refractivity contribution in [3.8, 4) is 5.69 Å². The van der Waals surface area contributed by atoms with Gasteiger partial charge in [-0.25, -0.2) is 0 Å². The lowest BCUT2D eigenvalue weighted by molar-refractivity contribution is -0.138. The van der Waals surface area contributed by atoms with Crippen molar-refractivity contribution in [2.45, 2.75) is 122 Å². The van der Waals surface area contributed by atoms with E-state index in [2.05, 4.69) is 41.6 Å². The highest BCUT2D eigenvalue weighted by atomic mass is 35.5. The van der Waals surface area contributed by atoms with Gasteiger partial charge < -0.3 is 10.2 Å². The molecule has 1 N–H and O–H groups in total. The Kier molecular flexibility index (Phi) is 12.0. The molecule has 230 valence electrons. The number of hydrogen-bond acceptors (Lipinski definition) is 5. The SMILES string of the molecule is CCCCCCCC(C)(CCC)NC(=O)[C@@H]1[C@H](C2CCCCC2)CCN1C(=O)/C=C/c1cc(Cl)ccc1-n1cnnn1. The summed E-state index contributed by atoms with van der Waals surface area (Å²) in [4.78, 5) is 29.8. The van der Waals surface area contributed by atoms with Gasteiger partial charge in [0.2, 0.25) is 11.8 Å². The molecule has 2 heterocycles. The number of aromatic nitrogens is 4. The van der Waals surface area contributed by atoms with Crippen LogP contribution in [-0.4, -0.2) is 55.0 Å². The van der Waals surface area contributed by atoms with Crippen molar-refractivity contribution in [3.05, 3.63) is 41.2 Å². The second-order valence-electron chi connectivity index (χ2n) is 12.6. The number of nitrogens with zero attached hydrogens (tertiary/aromatic N) is 5. The molecule has 2 fully saturated rings. The number of carbonyl (C=O) groups is 2. The molecule has 9 heteroatoms. The molecule has 8 nitrogen and oxygen atoms in total. The van der Waals surface area contributed by atoms with Crippen LogP contribution in [0.4, 0.5) is 0 Å². The third kappa shape index (κ3) is 8.42. The maximum atomic E-state index is 14.2. The van der Waals surface area contributed by atoms with Crippen molar-refractivity contribution in [1.29, 1.82) is 0 Å². The number of hydrogen-bond donors (Lipinski definition) is 1. The summed E-state index contributed by atoms with van der Waals surface area (Å²) in [6.07, 6.45) is 20.7. The van der Waals surface area contributed by atoms with E-state index in [4.69, 9.17) is 11.6 Å². The Hall–Kier alpha value is -2.74. The van der Waals surface area contributed by atoms with Crippen LogP contribution in [0.25, 0.3) is 11.8 Å². The lowest BCUT2D eigenvalue weighted by atomic mass is 9.76. The maximum absolute atomic E-state index is 14.2. The van der Waals surface area contributed by atoms with Crippen LogP contribution in [0.1, 0.15) is 116 Å². The van der Waals surface area contributed by atoms with Crippen LogP contribution in [0.2, 0.25) is 5.02 Å². The average Bonchev–Trinajstić information content (AvgIpc) is 3.67. The molecule has 1 unspecified atom stereocenters. The van der Waals surface area contributed by atoms with Gasteiger partial charge in [-0.05, 0) is 72.7 Å². The third-order valence-electron chi connectivity index (χ3n) is 9.30. The summed E-state index contributed by atoms with van der Waals surface area (Å²) < 4.78 is 1.54. The number of rotatable bonds is 14. The summed E-state index contributed by atoms with van der Waals surface area (Å²) in [5.41, 5.74) is 1.19. The first-order valence-electron chi connectivity index (χ1n) is 16.2. The van der Waals surface area contributed by atoms with E-state index in [0.717, 1.165) is 56.2 Å². The minimum Gasteiger partial charge on any atom is -0.349 e. The van der Waals surface area contributed by atoms with Gasteiger partial charge in [-0.1, -0.05) is 96.1 Å². The van der Waals surface area contributed by atoms with E-state index < -0.39 is 6.04 Å². The van der Waals surface area contributed by atoms with Gasteiger partial charge in [0.05, 0.1) is 5.69 Å². The van der Waals surface area contributed by atoms with Crippen molar-refractivity contribution in [2.75, 3.05) is 6.54 Å². The van der Waals surface area contributed by atoms with Crippen LogP contribution in [0.5, 0.6) is 0 Å². The fourth-order valence-electron chi connectivity index (χ4n) is 7.14. The first-order chi connectivity index (χ1) is 20.3. The van der Waals surface area contributed by atoms with Crippen LogP contribution >= 0.6 is 11.6 Å². The highest BCUT2D eigenvalue weighted by Crippen LogP contribution is 2.39. The molecule has 1 aromatic carbocycles. The minimum atomic E-state index is -0.445. The number of tetrazole rings is 1.